The Bertz CT molecular complexity index is 719. The summed E-state index contributed by atoms with van der Waals surface area (Å²) in [5.74, 6) is -0.744. The van der Waals surface area contributed by atoms with Gasteiger partial charge in [0.1, 0.15) is 11.5 Å². The number of hydrogen-bond acceptors (Lipinski definition) is 4. The Labute approximate surface area is 126 Å². The third-order valence-electron chi connectivity index (χ3n) is 2.89. The van der Waals surface area contributed by atoms with E-state index in [2.05, 4.69) is 10.6 Å². The molecule has 2 N–H and O–H groups in total. The van der Waals surface area contributed by atoms with Crippen LogP contribution in [0.5, 0.6) is 0 Å². The van der Waals surface area contributed by atoms with Crippen molar-refractivity contribution >= 4 is 23.0 Å². The van der Waals surface area contributed by atoms with Crippen LogP contribution in [0.1, 0.15) is 12.5 Å². The Kier molecular flexibility index (Phi) is 4.67. The summed E-state index contributed by atoms with van der Waals surface area (Å²) in [6, 6.07) is 10.3. The smallest absolute Gasteiger partial charge is 0.292 e. The maximum Gasteiger partial charge on any atom is 0.292 e. The van der Waals surface area contributed by atoms with Gasteiger partial charge >= 0.3 is 0 Å². The number of nitrogens with one attached hydrogen (secondary N) is 2. The van der Waals surface area contributed by atoms with E-state index >= 15 is 0 Å². The molecule has 2 aromatic carbocycles. The van der Waals surface area contributed by atoms with E-state index in [1.807, 2.05) is 0 Å². The van der Waals surface area contributed by atoms with Crippen LogP contribution in [0.25, 0.3) is 0 Å². The zero-order valence-corrected chi connectivity index (χ0v) is 11.8. The van der Waals surface area contributed by atoms with E-state index in [1.165, 1.54) is 6.92 Å². The lowest BCUT2D eigenvalue weighted by molar-refractivity contribution is -0.384. The first-order chi connectivity index (χ1) is 10.5. The Balaban J connectivity index is 2.15. The van der Waals surface area contributed by atoms with Crippen LogP contribution >= 0.6 is 0 Å². The van der Waals surface area contributed by atoms with Crippen molar-refractivity contribution in [3.05, 3.63) is 64.0 Å². The Morgan fingerprint density at radius 2 is 2.05 bits per heavy atom. The van der Waals surface area contributed by atoms with Gasteiger partial charge in [-0.25, -0.2) is 4.39 Å². The molecule has 6 nitrogen and oxygen atoms in total. The van der Waals surface area contributed by atoms with Crippen molar-refractivity contribution < 1.29 is 14.1 Å². The van der Waals surface area contributed by atoms with E-state index in [4.69, 9.17) is 0 Å². The molecule has 1 amide bonds. The van der Waals surface area contributed by atoms with Gasteiger partial charge in [0.25, 0.3) is 5.69 Å². The molecule has 2 aromatic rings. The molecule has 0 bridgehead atoms. The van der Waals surface area contributed by atoms with Gasteiger partial charge in [0.05, 0.1) is 4.92 Å². The number of benzene rings is 2. The maximum atomic E-state index is 13.2. The molecule has 2 rings (SSSR count). The van der Waals surface area contributed by atoms with Crippen LogP contribution in [0, 0.1) is 15.9 Å². The SMILES string of the molecule is CC(=O)Nc1cccc(CNc2cc(F)ccc2[N+](=O)[O-])c1. The van der Waals surface area contributed by atoms with Gasteiger partial charge in [-0.2, -0.15) is 0 Å². The largest absolute Gasteiger partial charge is 0.375 e. The van der Waals surface area contributed by atoms with Crippen LogP contribution in [0.3, 0.4) is 0 Å². The third-order valence-corrected chi connectivity index (χ3v) is 2.89. The predicted octanol–water partition coefficient (Wildman–Crippen LogP) is 3.30. The lowest BCUT2D eigenvalue weighted by atomic mass is 10.2. The minimum atomic E-state index is -0.574. The predicted molar refractivity (Wildman–Crippen MR) is 81.1 cm³/mol. The van der Waals surface area contributed by atoms with Gasteiger partial charge in [0.2, 0.25) is 5.91 Å². The summed E-state index contributed by atoms with van der Waals surface area (Å²) >= 11 is 0. The van der Waals surface area contributed by atoms with E-state index in [0.29, 0.717) is 5.69 Å². The zero-order valence-electron chi connectivity index (χ0n) is 11.8. The van der Waals surface area contributed by atoms with Crippen LogP contribution < -0.4 is 10.6 Å². The van der Waals surface area contributed by atoms with Gasteiger partial charge in [-0.05, 0) is 23.8 Å². The average molecular weight is 303 g/mol. The second kappa shape index (κ2) is 6.66. The third kappa shape index (κ3) is 4.02. The van der Waals surface area contributed by atoms with Gasteiger partial charge in [-0.3, -0.25) is 14.9 Å². The van der Waals surface area contributed by atoms with Crippen molar-refractivity contribution in [2.24, 2.45) is 0 Å². The van der Waals surface area contributed by atoms with Crippen LogP contribution in [0.4, 0.5) is 21.5 Å². The molecule has 0 aromatic heterocycles. The number of nitro groups is 1. The Hall–Kier alpha value is -2.96. The first-order valence-electron chi connectivity index (χ1n) is 6.50. The highest BCUT2D eigenvalue weighted by atomic mass is 19.1. The summed E-state index contributed by atoms with van der Waals surface area (Å²) in [7, 11) is 0. The molecule has 0 unspecified atom stereocenters. The molecule has 0 saturated carbocycles. The molecule has 0 fully saturated rings. The monoisotopic (exact) mass is 303 g/mol. The number of carbonyl (C=O) groups is 1. The maximum absolute atomic E-state index is 13.2. The zero-order chi connectivity index (χ0) is 16.1. The first kappa shape index (κ1) is 15.4. The summed E-state index contributed by atoms with van der Waals surface area (Å²) in [5, 5.41) is 16.4. The first-order valence-corrected chi connectivity index (χ1v) is 6.50. The molecule has 114 valence electrons. The highest BCUT2D eigenvalue weighted by Gasteiger charge is 2.14. The number of hydrogen-bond donors (Lipinski definition) is 2. The summed E-state index contributed by atoms with van der Waals surface area (Å²) in [4.78, 5) is 21.4. The van der Waals surface area contributed by atoms with E-state index < -0.39 is 10.7 Å². The fourth-order valence-electron chi connectivity index (χ4n) is 1.97. The molecule has 0 aliphatic heterocycles. The minimum Gasteiger partial charge on any atom is -0.375 e. The van der Waals surface area contributed by atoms with E-state index in [0.717, 1.165) is 23.8 Å². The van der Waals surface area contributed by atoms with Crippen LogP contribution in [-0.2, 0) is 11.3 Å². The van der Waals surface area contributed by atoms with Crippen LogP contribution in [-0.4, -0.2) is 10.8 Å². The van der Waals surface area contributed by atoms with Gasteiger partial charge in [-0.15, -0.1) is 0 Å². The number of nitro benzene ring substituents is 1. The van der Waals surface area contributed by atoms with Gasteiger partial charge < -0.3 is 10.6 Å². The topological polar surface area (TPSA) is 84.3 Å². The summed E-state index contributed by atoms with van der Waals surface area (Å²) in [5.41, 5.74) is 1.33. The van der Waals surface area contributed by atoms with Crippen LogP contribution in [0.15, 0.2) is 42.5 Å². The van der Waals surface area contributed by atoms with E-state index in [1.54, 1.807) is 24.3 Å². The number of rotatable bonds is 5. The second-order valence-corrected chi connectivity index (χ2v) is 4.65. The lowest BCUT2D eigenvalue weighted by Crippen LogP contribution is -2.07. The van der Waals surface area contributed by atoms with E-state index in [9.17, 15) is 19.3 Å². The fraction of sp³-hybridized carbons (Fsp3) is 0.133. The van der Waals surface area contributed by atoms with Crippen molar-refractivity contribution in [3.8, 4) is 0 Å². The van der Waals surface area contributed by atoms with Gasteiger partial charge in [0, 0.05) is 31.3 Å². The molecule has 0 saturated heterocycles. The summed E-state index contributed by atoms with van der Waals surface area (Å²) in [6.45, 7) is 1.67. The fourth-order valence-corrected chi connectivity index (χ4v) is 1.97. The number of amides is 1. The molecule has 7 heteroatoms. The highest BCUT2D eigenvalue weighted by Crippen LogP contribution is 2.25. The van der Waals surface area contributed by atoms with Crippen molar-refractivity contribution in [1.29, 1.82) is 0 Å². The van der Waals surface area contributed by atoms with Gasteiger partial charge in [0.15, 0.2) is 0 Å². The quantitative estimate of drug-likeness (QED) is 0.655. The summed E-state index contributed by atoms with van der Waals surface area (Å²) in [6.07, 6.45) is 0. The Morgan fingerprint density at radius 1 is 1.27 bits per heavy atom. The molecule has 22 heavy (non-hydrogen) atoms. The molecular formula is C15H14FN3O3. The average Bonchev–Trinajstić information content (AvgIpc) is 2.44. The van der Waals surface area contributed by atoms with Crippen molar-refractivity contribution in [1.82, 2.24) is 0 Å². The second-order valence-electron chi connectivity index (χ2n) is 4.65. The van der Waals surface area contributed by atoms with Gasteiger partial charge in [-0.1, -0.05) is 12.1 Å². The molecule has 0 heterocycles. The number of carbonyl (C=O) groups excluding carboxylic acids is 1. The number of anilines is 2. The highest BCUT2D eigenvalue weighted by molar-refractivity contribution is 5.88. The lowest BCUT2D eigenvalue weighted by Gasteiger charge is -2.09. The van der Waals surface area contributed by atoms with Crippen LogP contribution in [0.2, 0.25) is 0 Å². The Morgan fingerprint density at radius 3 is 2.73 bits per heavy atom. The number of nitrogens with zero attached hydrogens (tertiary/aromatic N) is 1. The minimum absolute atomic E-state index is 0.106. The van der Waals surface area contributed by atoms with Crippen molar-refractivity contribution in [2.45, 2.75) is 13.5 Å². The van der Waals surface area contributed by atoms with E-state index in [-0.39, 0.29) is 23.8 Å². The molecule has 0 spiro atoms. The molecule has 0 atom stereocenters. The molecule has 0 aliphatic rings. The van der Waals surface area contributed by atoms with Crippen molar-refractivity contribution in [3.63, 3.8) is 0 Å². The standard InChI is InChI=1S/C15H14FN3O3/c1-10(20)18-13-4-2-3-11(7-13)9-17-14-8-12(16)5-6-15(14)19(21)22/h2-8,17H,9H2,1H3,(H,18,20). The summed E-state index contributed by atoms with van der Waals surface area (Å²) < 4.78 is 13.2. The molecule has 0 radical (unpaired) electrons. The molecular weight excluding hydrogens is 289 g/mol. The number of halogens is 1. The molecule has 0 aliphatic carbocycles. The normalized spacial score (nSPS) is 10.1. The van der Waals surface area contributed by atoms with Crippen molar-refractivity contribution in [2.75, 3.05) is 10.6 Å².